The van der Waals surface area contributed by atoms with Crippen molar-refractivity contribution in [2.75, 3.05) is 14.2 Å². The average molecular weight is 213 g/mol. The third-order valence-electron chi connectivity index (χ3n) is 1.91. The fourth-order valence-electron chi connectivity index (χ4n) is 1.25. The monoisotopic (exact) mass is 213 g/mol. The highest BCUT2D eigenvalue weighted by atomic mass is 19.2. The highest BCUT2D eigenvalue weighted by Crippen LogP contribution is 2.34. The summed E-state index contributed by atoms with van der Waals surface area (Å²) in [4.78, 5) is 0. The van der Waals surface area contributed by atoms with Crippen LogP contribution in [0.15, 0.2) is 6.07 Å². The summed E-state index contributed by atoms with van der Waals surface area (Å²) in [6.07, 6.45) is -0.275. The fourth-order valence-corrected chi connectivity index (χ4v) is 1.25. The van der Waals surface area contributed by atoms with Crippen molar-refractivity contribution in [3.05, 3.63) is 23.3 Å². The number of halogens is 2. The van der Waals surface area contributed by atoms with E-state index in [0.29, 0.717) is 0 Å². The van der Waals surface area contributed by atoms with E-state index in [0.717, 1.165) is 6.07 Å². The summed E-state index contributed by atoms with van der Waals surface area (Å²) in [6, 6.07) is 2.62. The molecule has 0 heterocycles. The molecule has 1 aromatic rings. The molecule has 0 amide bonds. The summed E-state index contributed by atoms with van der Waals surface area (Å²) in [5.74, 6) is -2.01. The SMILES string of the molecule is COc1cc(F)c(F)c(CC#N)c1OC. The molecule has 0 N–H and O–H groups in total. The fraction of sp³-hybridized carbons (Fsp3) is 0.300. The Balaban J connectivity index is 3.43. The standard InChI is InChI=1S/C10H9F2NO2/c1-14-8-5-7(11)9(12)6(3-4-13)10(8)15-2/h5H,3H2,1-2H3. The number of ether oxygens (including phenoxy) is 2. The van der Waals surface area contributed by atoms with Crippen LogP contribution in [0, 0.1) is 23.0 Å². The summed E-state index contributed by atoms with van der Waals surface area (Å²) in [5, 5.41) is 8.48. The first-order valence-corrected chi connectivity index (χ1v) is 4.11. The topological polar surface area (TPSA) is 42.2 Å². The Morgan fingerprint density at radius 2 is 2.00 bits per heavy atom. The predicted molar refractivity (Wildman–Crippen MR) is 48.8 cm³/mol. The molecule has 0 bridgehead atoms. The minimum absolute atomic E-state index is 0.0537. The van der Waals surface area contributed by atoms with E-state index < -0.39 is 11.6 Å². The van der Waals surface area contributed by atoms with Gasteiger partial charge in [0.2, 0.25) is 0 Å². The zero-order chi connectivity index (χ0) is 11.4. The molecule has 5 heteroatoms. The Hall–Kier alpha value is -1.83. The third-order valence-corrected chi connectivity index (χ3v) is 1.91. The van der Waals surface area contributed by atoms with Crippen molar-refractivity contribution in [2.45, 2.75) is 6.42 Å². The van der Waals surface area contributed by atoms with Crippen LogP contribution < -0.4 is 9.47 Å². The van der Waals surface area contributed by atoms with Crippen LogP contribution >= 0.6 is 0 Å². The lowest BCUT2D eigenvalue weighted by atomic mass is 10.1. The second kappa shape index (κ2) is 4.60. The first-order chi connectivity index (χ1) is 7.15. The molecule has 0 aliphatic carbocycles. The van der Waals surface area contributed by atoms with Gasteiger partial charge in [0, 0.05) is 6.07 Å². The molecule has 0 saturated heterocycles. The second-order valence-electron chi connectivity index (χ2n) is 2.72. The summed E-state index contributed by atoms with van der Waals surface area (Å²) < 4.78 is 36.0. The molecule has 1 aromatic carbocycles. The molecule has 0 atom stereocenters. The van der Waals surface area contributed by atoms with E-state index in [1.165, 1.54) is 14.2 Å². The Bertz CT molecular complexity index is 413. The lowest BCUT2D eigenvalue weighted by Crippen LogP contribution is -2.01. The summed E-state index contributed by atoms with van der Waals surface area (Å²) in [5.41, 5.74) is -0.128. The molecule has 0 saturated carbocycles. The van der Waals surface area contributed by atoms with Gasteiger partial charge in [-0.05, 0) is 0 Å². The summed E-state index contributed by atoms with van der Waals surface area (Å²) in [7, 11) is 2.61. The molecule has 0 spiro atoms. The van der Waals surface area contributed by atoms with E-state index in [9.17, 15) is 8.78 Å². The zero-order valence-electron chi connectivity index (χ0n) is 8.30. The van der Waals surface area contributed by atoms with Crippen molar-refractivity contribution < 1.29 is 18.3 Å². The quantitative estimate of drug-likeness (QED) is 0.771. The number of methoxy groups -OCH3 is 2. The Kier molecular flexibility index (Phi) is 3.45. The molecule has 80 valence electrons. The van der Waals surface area contributed by atoms with Gasteiger partial charge in [-0.1, -0.05) is 0 Å². The Morgan fingerprint density at radius 3 is 2.47 bits per heavy atom. The van der Waals surface area contributed by atoms with E-state index in [-0.39, 0.29) is 23.5 Å². The van der Waals surface area contributed by atoms with Gasteiger partial charge >= 0.3 is 0 Å². The molecule has 0 aromatic heterocycles. The predicted octanol–water partition coefficient (Wildman–Crippen LogP) is 2.05. The van der Waals surface area contributed by atoms with Gasteiger partial charge in [-0.25, -0.2) is 8.78 Å². The van der Waals surface area contributed by atoms with Crippen LogP contribution in [0.25, 0.3) is 0 Å². The molecule has 0 radical (unpaired) electrons. The molecule has 0 fully saturated rings. The smallest absolute Gasteiger partial charge is 0.168 e. The number of hydrogen-bond donors (Lipinski definition) is 0. The maximum Gasteiger partial charge on any atom is 0.168 e. The number of benzene rings is 1. The van der Waals surface area contributed by atoms with Crippen LogP contribution in [-0.2, 0) is 6.42 Å². The van der Waals surface area contributed by atoms with E-state index in [1.807, 2.05) is 0 Å². The van der Waals surface area contributed by atoms with Crippen LogP contribution in [0.3, 0.4) is 0 Å². The minimum Gasteiger partial charge on any atom is -0.493 e. The van der Waals surface area contributed by atoms with Crippen molar-refractivity contribution in [3.63, 3.8) is 0 Å². The molecule has 3 nitrogen and oxygen atoms in total. The number of nitrogens with zero attached hydrogens (tertiary/aromatic N) is 1. The number of nitriles is 1. The molecule has 1 rings (SSSR count). The lowest BCUT2D eigenvalue weighted by Gasteiger charge is -2.12. The van der Waals surface area contributed by atoms with Crippen molar-refractivity contribution in [2.24, 2.45) is 0 Å². The van der Waals surface area contributed by atoms with Gasteiger partial charge in [-0.2, -0.15) is 5.26 Å². The first-order valence-electron chi connectivity index (χ1n) is 4.11. The molecule has 0 aliphatic rings. The number of rotatable bonds is 3. The largest absolute Gasteiger partial charge is 0.493 e. The highest BCUT2D eigenvalue weighted by molar-refractivity contribution is 5.48. The van der Waals surface area contributed by atoms with Gasteiger partial charge in [-0.3, -0.25) is 0 Å². The van der Waals surface area contributed by atoms with E-state index >= 15 is 0 Å². The molecular formula is C10H9F2NO2. The van der Waals surface area contributed by atoms with Gasteiger partial charge in [0.15, 0.2) is 23.1 Å². The van der Waals surface area contributed by atoms with Gasteiger partial charge in [0.25, 0.3) is 0 Å². The van der Waals surface area contributed by atoms with Gasteiger partial charge in [0.05, 0.1) is 32.3 Å². The van der Waals surface area contributed by atoms with E-state index in [2.05, 4.69) is 0 Å². The van der Waals surface area contributed by atoms with E-state index in [1.54, 1.807) is 6.07 Å². The maximum absolute atomic E-state index is 13.3. The van der Waals surface area contributed by atoms with Crippen LogP contribution in [0.4, 0.5) is 8.78 Å². The molecule has 0 aliphatic heterocycles. The third kappa shape index (κ3) is 1.99. The van der Waals surface area contributed by atoms with Crippen molar-refractivity contribution in [1.29, 1.82) is 5.26 Å². The summed E-state index contributed by atoms with van der Waals surface area (Å²) in [6.45, 7) is 0. The zero-order valence-corrected chi connectivity index (χ0v) is 8.30. The van der Waals surface area contributed by atoms with E-state index in [4.69, 9.17) is 14.7 Å². The van der Waals surface area contributed by atoms with Crippen LogP contribution in [0.2, 0.25) is 0 Å². The van der Waals surface area contributed by atoms with Crippen molar-refractivity contribution >= 4 is 0 Å². The molecular weight excluding hydrogens is 204 g/mol. The molecule has 15 heavy (non-hydrogen) atoms. The van der Waals surface area contributed by atoms with Crippen molar-refractivity contribution in [1.82, 2.24) is 0 Å². The van der Waals surface area contributed by atoms with Crippen LogP contribution in [-0.4, -0.2) is 14.2 Å². The first kappa shape index (κ1) is 11.2. The van der Waals surface area contributed by atoms with Gasteiger partial charge in [-0.15, -0.1) is 0 Å². The second-order valence-corrected chi connectivity index (χ2v) is 2.72. The lowest BCUT2D eigenvalue weighted by molar-refractivity contribution is 0.343. The maximum atomic E-state index is 13.3. The Morgan fingerprint density at radius 1 is 1.33 bits per heavy atom. The Labute approximate surface area is 85.8 Å². The highest BCUT2D eigenvalue weighted by Gasteiger charge is 2.19. The van der Waals surface area contributed by atoms with Gasteiger partial charge < -0.3 is 9.47 Å². The normalized spacial score (nSPS) is 9.53. The van der Waals surface area contributed by atoms with Crippen LogP contribution in [0.5, 0.6) is 11.5 Å². The minimum atomic E-state index is -1.07. The van der Waals surface area contributed by atoms with Crippen molar-refractivity contribution in [3.8, 4) is 17.6 Å². The van der Waals surface area contributed by atoms with Crippen LogP contribution in [0.1, 0.15) is 5.56 Å². The molecule has 0 unspecified atom stereocenters. The van der Waals surface area contributed by atoms with Gasteiger partial charge in [0.1, 0.15) is 0 Å². The number of hydrogen-bond acceptors (Lipinski definition) is 3. The average Bonchev–Trinajstić information content (AvgIpc) is 2.24. The summed E-state index contributed by atoms with van der Waals surface area (Å²) >= 11 is 0.